The first kappa shape index (κ1) is 21.6. The van der Waals surface area contributed by atoms with Gasteiger partial charge in [0.05, 0.1) is 11.9 Å². The lowest BCUT2D eigenvalue weighted by Gasteiger charge is -1.98. The summed E-state index contributed by atoms with van der Waals surface area (Å²) in [6, 6.07) is 2.09. The van der Waals surface area contributed by atoms with Gasteiger partial charge in [-0.25, -0.2) is 0 Å². The Morgan fingerprint density at radius 3 is 2.53 bits per heavy atom. The van der Waals surface area contributed by atoms with E-state index in [2.05, 4.69) is 22.1 Å². The standard InChI is InChI=1S/C11H15N3.3ClH/c1-9(12)4-3-5-10-6-11(13-2)8-14-7-10;;;/h6-9,13H,4,12H2,1-2H3;3*1H/t9-;;;/m0.../s1. The highest BCUT2D eigenvalue weighted by Gasteiger charge is 1.91. The Labute approximate surface area is 121 Å². The molecule has 0 aliphatic heterocycles. The molecule has 3 N–H and O–H groups in total. The molecule has 0 fully saturated rings. The number of nitrogens with zero attached hydrogens (tertiary/aromatic N) is 1. The van der Waals surface area contributed by atoms with Crippen LogP contribution >= 0.6 is 37.2 Å². The van der Waals surface area contributed by atoms with Gasteiger partial charge < -0.3 is 11.1 Å². The molecule has 0 spiro atoms. The number of rotatable bonds is 2. The van der Waals surface area contributed by atoms with Gasteiger partial charge >= 0.3 is 0 Å². The maximum Gasteiger partial charge on any atom is 0.0536 e. The number of aromatic nitrogens is 1. The Bertz CT molecular complexity index is 358. The number of nitrogens with one attached hydrogen (secondary N) is 1. The van der Waals surface area contributed by atoms with Gasteiger partial charge in [0.1, 0.15) is 0 Å². The number of nitrogens with two attached hydrogens (primary N) is 1. The third-order valence-electron chi connectivity index (χ3n) is 1.68. The molecule has 1 rings (SSSR count). The van der Waals surface area contributed by atoms with Crippen LogP contribution in [-0.2, 0) is 0 Å². The third kappa shape index (κ3) is 9.08. The molecule has 1 aromatic rings. The lowest BCUT2D eigenvalue weighted by molar-refractivity contribution is 0.771. The molecule has 0 saturated heterocycles. The zero-order chi connectivity index (χ0) is 10.4. The monoisotopic (exact) mass is 297 g/mol. The third-order valence-corrected chi connectivity index (χ3v) is 1.68. The minimum absolute atomic E-state index is 0. The fourth-order valence-corrected chi connectivity index (χ4v) is 0.959. The van der Waals surface area contributed by atoms with E-state index >= 15 is 0 Å². The molecule has 0 unspecified atom stereocenters. The summed E-state index contributed by atoms with van der Waals surface area (Å²) in [6.45, 7) is 1.94. The summed E-state index contributed by atoms with van der Waals surface area (Å²) in [6.07, 6.45) is 4.22. The minimum Gasteiger partial charge on any atom is -0.387 e. The van der Waals surface area contributed by atoms with Crippen molar-refractivity contribution in [3.05, 3.63) is 24.0 Å². The summed E-state index contributed by atoms with van der Waals surface area (Å²) < 4.78 is 0. The molecule has 0 bridgehead atoms. The normalized spacial score (nSPS) is 9.35. The summed E-state index contributed by atoms with van der Waals surface area (Å²) in [5, 5.41) is 3.01. The van der Waals surface area contributed by atoms with E-state index in [-0.39, 0.29) is 43.3 Å². The van der Waals surface area contributed by atoms with Crippen molar-refractivity contribution in [2.45, 2.75) is 19.4 Å². The zero-order valence-electron chi connectivity index (χ0n) is 9.77. The van der Waals surface area contributed by atoms with Gasteiger partial charge in [0.25, 0.3) is 0 Å². The quantitative estimate of drug-likeness (QED) is 0.825. The topological polar surface area (TPSA) is 50.9 Å². The summed E-state index contributed by atoms with van der Waals surface area (Å²) in [4.78, 5) is 4.06. The van der Waals surface area contributed by atoms with Gasteiger partial charge in [0.2, 0.25) is 0 Å². The van der Waals surface area contributed by atoms with E-state index < -0.39 is 0 Å². The highest BCUT2D eigenvalue weighted by Crippen LogP contribution is 2.05. The van der Waals surface area contributed by atoms with Gasteiger partial charge in [-0.15, -0.1) is 37.2 Å². The van der Waals surface area contributed by atoms with Crippen LogP contribution in [0.4, 0.5) is 5.69 Å². The van der Waals surface area contributed by atoms with Crippen LogP contribution < -0.4 is 11.1 Å². The first-order valence-corrected chi connectivity index (χ1v) is 4.59. The van der Waals surface area contributed by atoms with Crippen LogP contribution in [-0.4, -0.2) is 18.1 Å². The molecular formula is C11H18Cl3N3. The van der Waals surface area contributed by atoms with Crippen LogP contribution in [0.15, 0.2) is 18.5 Å². The predicted molar refractivity (Wildman–Crippen MR) is 80.7 cm³/mol. The van der Waals surface area contributed by atoms with Crippen molar-refractivity contribution in [2.75, 3.05) is 12.4 Å². The smallest absolute Gasteiger partial charge is 0.0536 e. The van der Waals surface area contributed by atoms with Crippen molar-refractivity contribution in [3.63, 3.8) is 0 Å². The lowest BCUT2D eigenvalue weighted by atomic mass is 10.2. The summed E-state index contributed by atoms with van der Waals surface area (Å²) in [5.74, 6) is 6.03. The van der Waals surface area contributed by atoms with Crippen LogP contribution in [0.1, 0.15) is 18.9 Å². The number of pyridine rings is 1. The van der Waals surface area contributed by atoms with Gasteiger partial charge in [0, 0.05) is 31.3 Å². The molecule has 0 aliphatic rings. The average Bonchev–Trinajstić information content (AvgIpc) is 2.18. The number of hydrogen-bond donors (Lipinski definition) is 2. The van der Waals surface area contributed by atoms with E-state index in [9.17, 15) is 0 Å². The maximum atomic E-state index is 5.58. The van der Waals surface area contributed by atoms with Crippen molar-refractivity contribution in [1.29, 1.82) is 0 Å². The number of hydrogen-bond acceptors (Lipinski definition) is 3. The van der Waals surface area contributed by atoms with E-state index in [1.54, 1.807) is 12.4 Å². The molecule has 1 aromatic heterocycles. The molecule has 0 amide bonds. The summed E-state index contributed by atoms with van der Waals surface area (Å²) in [5.41, 5.74) is 7.47. The second-order valence-electron chi connectivity index (χ2n) is 3.20. The van der Waals surface area contributed by atoms with Crippen LogP contribution in [0.3, 0.4) is 0 Å². The Kier molecular flexibility index (Phi) is 15.0. The first-order valence-electron chi connectivity index (χ1n) is 4.59. The molecule has 0 saturated carbocycles. The van der Waals surface area contributed by atoms with Crippen molar-refractivity contribution < 1.29 is 0 Å². The summed E-state index contributed by atoms with van der Waals surface area (Å²) in [7, 11) is 1.86. The second-order valence-corrected chi connectivity index (χ2v) is 3.20. The molecule has 1 heterocycles. The van der Waals surface area contributed by atoms with Crippen LogP contribution in [0, 0.1) is 11.8 Å². The molecule has 6 heteroatoms. The zero-order valence-corrected chi connectivity index (χ0v) is 12.2. The molecule has 17 heavy (non-hydrogen) atoms. The predicted octanol–water partition coefficient (Wildman–Crippen LogP) is 2.48. The van der Waals surface area contributed by atoms with Gasteiger partial charge in [0.15, 0.2) is 0 Å². The van der Waals surface area contributed by atoms with Crippen LogP contribution in [0.5, 0.6) is 0 Å². The maximum absolute atomic E-state index is 5.58. The van der Waals surface area contributed by atoms with E-state index in [1.807, 2.05) is 20.0 Å². The minimum atomic E-state index is 0. The van der Waals surface area contributed by atoms with Crippen molar-refractivity contribution in [1.82, 2.24) is 4.98 Å². The number of halogens is 3. The van der Waals surface area contributed by atoms with Gasteiger partial charge in [-0.1, -0.05) is 11.8 Å². The van der Waals surface area contributed by atoms with Gasteiger partial charge in [-0.2, -0.15) is 0 Å². The second kappa shape index (κ2) is 11.8. The molecule has 98 valence electrons. The molecule has 0 aromatic carbocycles. The van der Waals surface area contributed by atoms with Crippen molar-refractivity contribution >= 4 is 42.9 Å². The van der Waals surface area contributed by atoms with E-state index in [1.165, 1.54) is 0 Å². The lowest BCUT2D eigenvalue weighted by Crippen LogP contribution is -2.12. The van der Waals surface area contributed by atoms with E-state index in [4.69, 9.17) is 5.73 Å². The highest BCUT2D eigenvalue weighted by molar-refractivity contribution is 5.86. The molecule has 3 nitrogen and oxygen atoms in total. The van der Waals surface area contributed by atoms with Gasteiger partial charge in [-0.3, -0.25) is 4.98 Å². The van der Waals surface area contributed by atoms with Crippen LogP contribution in [0.25, 0.3) is 0 Å². The largest absolute Gasteiger partial charge is 0.387 e. The average molecular weight is 299 g/mol. The van der Waals surface area contributed by atoms with Crippen LogP contribution in [0.2, 0.25) is 0 Å². The molecule has 1 atom stereocenters. The molecule has 0 aliphatic carbocycles. The Balaban J connectivity index is -0.000000653. The fraction of sp³-hybridized carbons (Fsp3) is 0.364. The van der Waals surface area contributed by atoms with E-state index in [0.29, 0.717) is 6.42 Å². The SMILES string of the molecule is CNc1cncc(C#CC[C@H](C)N)c1.Cl.Cl.Cl. The van der Waals surface area contributed by atoms with E-state index in [0.717, 1.165) is 11.3 Å². The van der Waals surface area contributed by atoms with Crippen molar-refractivity contribution in [3.8, 4) is 11.8 Å². The highest BCUT2D eigenvalue weighted by atomic mass is 35.5. The fourth-order valence-electron chi connectivity index (χ4n) is 0.959. The molecular weight excluding hydrogens is 281 g/mol. The number of anilines is 1. The Morgan fingerprint density at radius 1 is 1.35 bits per heavy atom. The summed E-state index contributed by atoms with van der Waals surface area (Å²) >= 11 is 0. The van der Waals surface area contributed by atoms with Crippen molar-refractivity contribution in [2.24, 2.45) is 5.73 Å². The Hall–Kier alpha value is -0.660. The van der Waals surface area contributed by atoms with Gasteiger partial charge in [-0.05, 0) is 13.0 Å². The molecule has 0 radical (unpaired) electrons. The Morgan fingerprint density at radius 2 is 2.00 bits per heavy atom. The first-order chi connectivity index (χ1) is 6.72.